The summed E-state index contributed by atoms with van der Waals surface area (Å²) in [7, 11) is 0. The van der Waals surface area contributed by atoms with Crippen LogP contribution in [0.5, 0.6) is 0 Å². The predicted octanol–water partition coefficient (Wildman–Crippen LogP) is 3.71. The van der Waals surface area contributed by atoms with E-state index in [2.05, 4.69) is 44.8 Å². The van der Waals surface area contributed by atoms with Crippen LogP contribution < -0.4 is 5.32 Å². The van der Waals surface area contributed by atoms with E-state index in [9.17, 15) is 0 Å². The quantitative estimate of drug-likeness (QED) is 0.868. The second-order valence-corrected chi connectivity index (χ2v) is 8.07. The molecule has 1 aliphatic heterocycles. The van der Waals surface area contributed by atoms with Crippen molar-refractivity contribution < 1.29 is 0 Å². The van der Waals surface area contributed by atoms with E-state index in [1.807, 2.05) is 11.3 Å². The van der Waals surface area contributed by atoms with Crippen molar-refractivity contribution in [2.24, 2.45) is 5.92 Å². The molecule has 0 amide bonds. The smallest absolute Gasteiger partial charge is 0.113 e. The van der Waals surface area contributed by atoms with Gasteiger partial charge in [0.2, 0.25) is 0 Å². The fraction of sp³-hybridized carbons (Fsp3) is 0.824. The van der Waals surface area contributed by atoms with E-state index in [1.165, 1.54) is 54.5 Å². The minimum atomic E-state index is 0.118. The molecule has 1 aromatic heterocycles. The minimum Gasteiger partial charge on any atom is -0.305 e. The molecule has 120 valence electrons. The van der Waals surface area contributed by atoms with Gasteiger partial charge in [-0.15, -0.1) is 11.3 Å². The van der Waals surface area contributed by atoms with Gasteiger partial charge < -0.3 is 10.2 Å². The summed E-state index contributed by atoms with van der Waals surface area (Å²) in [4.78, 5) is 8.87. The molecule has 0 aliphatic carbocycles. The Morgan fingerprint density at radius 3 is 2.43 bits per heavy atom. The van der Waals surface area contributed by atoms with Crippen LogP contribution in [0.4, 0.5) is 0 Å². The van der Waals surface area contributed by atoms with Crippen molar-refractivity contribution in [2.45, 2.75) is 59.4 Å². The van der Waals surface area contributed by atoms with Gasteiger partial charge in [-0.2, -0.15) is 0 Å². The van der Waals surface area contributed by atoms with Crippen molar-refractivity contribution in [3.63, 3.8) is 0 Å². The second kappa shape index (κ2) is 7.21. The lowest BCUT2D eigenvalue weighted by molar-refractivity contribution is 0.123. The zero-order valence-electron chi connectivity index (χ0n) is 14.3. The van der Waals surface area contributed by atoms with Gasteiger partial charge in [0.25, 0.3) is 0 Å². The number of hydrogen-bond donors (Lipinski definition) is 1. The fourth-order valence-corrected chi connectivity index (χ4v) is 4.28. The first-order valence-electron chi connectivity index (χ1n) is 8.38. The number of nitrogens with zero attached hydrogens (tertiary/aromatic N) is 2. The Morgan fingerprint density at radius 2 is 1.95 bits per heavy atom. The minimum absolute atomic E-state index is 0.118. The zero-order valence-corrected chi connectivity index (χ0v) is 15.1. The van der Waals surface area contributed by atoms with E-state index in [1.54, 1.807) is 0 Å². The van der Waals surface area contributed by atoms with Crippen LogP contribution in [0.2, 0.25) is 0 Å². The SMILES string of the molecule is CCCNC1(c2nc(C)c(C)s2)CCN(CC(C)C)CC1. The van der Waals surface area contributed by atoms with E-state index < -0.39 is 0 Å². The molecule has 1 fully saturated rings. The monoisotopic (exact) mass is 309 g/mol. The van der Waals surface area contributed by atoms with Crippen LogP contribution in [0, 0.1) is 19.8 Å². The molecule has 21 heavy (non-hydrogen) atoms. The van der Waals surface area contributed by atoms with E-state index in [-0.39, 0.29) is 5.54 Å². The molecule has 4 heteroatoms. The molecule has 0 aromatic carbocycles. The molecule has 0 unspecified atom stereocenters. The average molecular weight is 310 g/mol. The van der Waals surface area contributed by atoms with E-state index in [0.29, 0.717) is 0 Å². The van der Waals surface area contributed by atoms with Gasteiger partial charge in [0.05, 0.1) is 11.2 Å². The lowest BCUT2D eigenvalue weighted by Crippen LogP contribution is -2.51. The first-order chi connectivity index (χ1) is 9.97. The number of rotatable bonds is 6. The van der Waals surface area contributed by atoms with Crippen LogP contribution in [-0.2, 0) is 5.54 Å². The van der Waals surface area contributed by atoms with Crippen LogP contribution in [-0.4, -0.2) is 36.1 Å². The van der Waals surface area contributed by atoms with Gasteiger partial charge >= 0.3 is 0 Å². The summed E-state index contributed by atoms with van der Waals surface area (Å²) in [5, 5.41) is 5.15. The lowest BCUT2D eigenvalue weighted by atomic mass is 9.87. The Morgan fingerprint density at radius 1 is 1.29 bits per heavy atom. The maximum atomic E-state index is 4.88. The third-order valence-corrected chi connectivity index (χ3v) is 5.76. The molecule has 1 aromatic rings. The third-order valence-electron chi connectivity index (χ3n) is 4.48. The third kappa shape index (κ3) is 4.05. The molecular weight excluding hydrogens is 278 g/mol. The number of nitrogens with one attached hydrogen (secondary N) is 1. The predicted molar refractivity (Wildman–Crippen MR) is 92.1 cm³/mol. The number of thiazole rings is 1. The first kappa shape index (κ1) is 16.9. The van der Waals surface area contributed by atoms with E-state index >= 15 is 0 Å². The number of piperidine rings is 1. The normalized spacial score (nSPS) is 19.3. The highest BCUT2D eigenvalue weighted by atomic mass is 32.1. The van der Waals surface area contributed by atoms with Crippen LogP contribution >= 0.6 is 11.3 Å². The van der Waals surface area contributed by atoms with E-state index in [4.69, 9.17) is 4.98 Å². The molecule has 0 spiro atoms. The summed E-state index contributed by atoms with van der Waals surface area (Å²) in [6.45, 7) is 15.9. The van der Waals surface area contributed by atoms with Gasteiger partial charge in [0.15, 0.2) is 0 Å². The summed E-state index contributed by atoms with van der Waals surface area (Å²) in [5.74, 6) is 0.755. The van der Waals surface area contributed by atoms with Gasteiger partial charge in [-0.1, -0.05) is 20.8 Å². The van der Waals surface area contributed by atoms with Crippen molar-refractivity contribution in [3.05, 3.63) is 15.6 Å². The molecule has 1 saturated heterocycles. The van der Waals surface area contributed by atoms with Gasteiger partial charge in [-0.25, -0.2) is 4.98 Å². The Labute approximate surface area is 134 Å². The number of aryl methyl sites for hydroxylation is 2. The van der Waals surface area contributed by atoms with Crippen molar-refractivity contribution in [1.82, 2.24) is 15.2 Å². The average Bonchev–Trinajstić information content (AvgIpc) is 2.78. The fourth-order valence-electron chi connectivity index (χ4n) is 3.14. The molecule has 0 saturated carbocycles. The molecule has 0 atom stereocenters. The molecule has 1 aliphatic rings. The summed E-state index contributed by atoms with van der Waals surface area (Å²) in [6.07, 6.45) is 3.55. The largest absolute Gasteiger partial charge is 0.305 e. The van der Waals surface area contributed by atoms with Gasteiger partial charge in [-0.3, -0.25) is 0 Å². The first-order valence-corrected chi connectivity index (χ1v) is 9.20. The van der Waals surface area contributed by atoms with Gasteiger partial charge in [0, 0.05) is 24.5 Å². The maximum Gasteiger partial charge on any atom is 0.113 e. The highest BCUT2D eigenvalue weighted by molar-refractivity contribution is 7.11. The molecule has 3 nitrogen and oxygen atoms in total. The standard InChI is InChI=1S/C17H31N3S/c1-6-9-18-17(16-19-14(4)15(5)21-16)7-10-20(11-8-17)12-13(2)3/h13,18H,6-12H2,1-5H3. The number of hydrogen-bond acceptors (Lipinski definition) is 4. The topological polar surface area (TPSA) is 28.2 Å². The molecule has 2 rings (SSSR count). The maximum absolute atomic E-state index is 4.88. The summed E-state index contributed by atoms with van der Waals surface area (Å²) < 4.78 is 0. The van der Waals surface area contributed by atoms with Crippen molar-refractivity contribution in [3.8, 4) is 0 Å². The van der Waals surface area contributed by atoms with Gasteiger partial charge in [0.1, 0.15) is 5.01 Å². The highest BCUT2D eigenvalue weighted by Gasteiger charge is 2.38. The van der Waals surface area contributed by atoms with Gasteiger partial charge in [-0.05, 0) is 45.6 Å². The zero-order chi connectivity index (χ0) is 15.5. The highest BCUT2D eigenvalue weighted by Crippen LogP contribution is 2.36. The number of aromatic nitrogens is 1. The van der Waals surface area contributed by atoms with Crippen molar-refractivity contribution in [2.75, 3.05) is 26.2 Å². The molecule has 2 heterocycles. The molecule has 1 N–H and O–H groups in total. The summed E-state index contributed by atoms with van der Waals surface area (Å²) in [5.41, 5.74) is 1.32. The molecule has 0 radical (unpaired) electrons. The Hall–Kier alpha value is -0.450. The summed E-state index contributed by atoms with van der Waals surface area (Å²) >= 11 is 1.89. The van der Waals surface area contributed by atoms with Crippen LogP contribution in [0.15, 0.2) is 0 Å². The van der Waals surface area contributed by atoms with Crippen LogP contribution in [0.1, 0.15) is 55.6 Å². The lowest BCUT2D eigenvalue weighted by Gasteiger charge is -2.42. The van der Waals surface area contributed by atoms with E-state index in [0.717, 1.165) is 12.5 Å². The summed E-state index contributed by atoms with van der Waals surface area (Å²) in [6, 6.07) is 0. The number of likely N-dealkylation sites (tertiary alicyclic amines) is 1. The Kier molecular flexibility index (Phi) is 5.81. The molecule has 0 bridgehead atoms. The van der Waals surface area contributed by atoms with Crippen LogP contribution in [0.3, 0.4) is 0 Å². The van der Waals surface area contributed by atoms with Crippen molar-refractivity contribution >= 4 is 11.3 Å². The van der Waals surface area contributed by atoms with Crippen molar-refractivity contribution in [1.29, 1.82) is 0 Å². The second-order valence-electron chi connectivity index (χ2n) is 6.86. The molecular formula is C17H31N3S. The van der Waals surface area contributed by atoms with Crippen LogP contribution in [0.25, 0.3) is 0 Å². The Balaban J connectivity index is 2.12. The Bertz CT molecular complexity index is 425.